The number of anilines is 1. The molecule has 16 heavy (non-hydrogen) atoms. The maximum absolute atomic E-state index is 11.5. The minimum Gasteiger partial charge on any atom is -0.497 e. The number of carbonyl (C=O) groups is 1. The third kappa shape index (κ3) is 3.84. The molecule has 0 spiro atoms. The first kappa shape index (κ1) is 13.0. The minimum atomic E-state index is 0.00276. The van der Waals surface area contributed by atoms with Crippen molar-refractivity contribution in [1.29, 1.82) is 0 Å². The summed E-state index contributed by atoms with van der Waals surface area (Å²) in [7, 11) is 1.62. The number of benzene rings is 1. The van der Waals surface area contributed by atoms with E-state index in [-0.39, 0.29) is 5.91 Å². The van der Waals surface area contributed by atoms with Gasteiger partial charge in [-0.25, -0.2) is 0 Å². The number of amides is 1. The van der Waals surface area contributed by atoms with E-state index in [1.165, 1.54) is 0 Å². The van der Waals surface area contributed by atoms with Crippen molar-refractivity contribution < 1.29 is 9.53 Å². The molecule has 0 aromatic heterocycles. The van der Waals surface area contributed by atoms with Crippen molar-refractivity contribution in [3.63, 3.8) is 0 Å². The second-order valence-electron chi connectivity index (χ2n) is 3.22. The van der Waals surface area contributed by atoms with Gasteiger partial charge in [0.05, 0.1) is 12.8 Å². The van der Waals surface area contributed by atoms with E-state index < -0.39 is 0 Å². The smallest absolute Gasteiger partial charge is 0.224 e. The summed E-state index contributed by atoms with van der Waals surface area (Å²) in [4.78, 5) is 11.5. The molecule has 1 aromatic rings. The third-order valence-corrected chi connectivity index (χ3v) is 2.92. The van der Waals surface area contributed by atoms with Gasteiger partial charge in [0, 0.05) is 9.99 Å². The maximum atomic E-state index is 11.5. The van der Waals surface area contributed by atoms with E-state index in [1.807, 2.05) is 18.2 Å². The molecule has 0 bridgehead atoms. The van der Waals surface area contributed by atoms with Crippen LogP contribution in [0.25, 0.3) is 0 Å². The Morgan fingerprint density at radius 3 is 2.94 bits per heavy atom. The molecule has 0 heterocycles. The first-order valence-corrected chi connectivity index (χ1v) is 5.99. The number of allylic oxidation sites excluding steroid dienone is 1. The SMILES string of the molecule is C=CCCC(=O)Nc1ccc(OC)cc1I. The Hall–Kier alpha value is -1.04. The summed E-state index contributed by atoms with van der Waals surface area (Å²) in [6, 6.07) is 5.54. The molecule has 1 amide bonds. The molecule has 0 aliphatic carbocycles. The first-order chi connectivity index (χ1) is 7.67. The molecule has 0 saturated carbocycles. The van der Waals surface area contributed by atoms with Gasteiger partial charge in [0.2, 0.25) is 5.91 Å². The maximum Gasteiger partial charge on any atom is 0.224 e. The van der Waals surface area contributed by atoms with Crippen molar-refractivity contribution in [2.75, 3.05) is 12.4 Å². The number of methoxy groups -OCH3 is 1. The van der Waals surface area contributed by atoms with Crippen molar-refractivity contribution in [3.05, 3.63) is 34.4 Å². The van der Waals surface area contributed by atoms with Crippen LogP contribution in [0.5, 0.6) is 5.75 Å². The number of carbonyl (C=O) groups excluding carboxylic acids is 1. The predicted octanol–water partition coefficient (Wildman–Crippen LogP) is 3.20. The minimum absolute atomic E-state index is 0.00276. The summed E-state index contributed by atoms with van der Waals surface area (Å²) >= 11 is 2.17. The van der Waals surface area contributed by atoms with Gasteiger partial charge in [0.1, 0.15) is 5.75 Å². The first-order valence-electron chi connectivity index (χ1n) is 4.91. The van der Waals surface area contributed by atoms with Gasteiger partial charge < -0.3 is 10.1 Å². The molecule has 1 aromatic carbocycles. The van der Waals surface area contributed by atoms with Crippen LogP contribution in [0.3, 0.4) is 0 Å². The van der Waals surface area contributed by atoms with Crippen molar-refractivity contribution in [2.24, 2.45) is 0 Å². The van der Waals surface area contributed by atoms with Gasteiger partial charge in [-0.3, -0.25) is 4.79 Å². The van der Waals surface area contributed by atoms with Gasteiger partial charge in [0.15, 0.2) is 0 Å². The van der Waals surface area contributed by atoms with E-state index >= 15 is 0 Å². The summed E-state index contributed by atoms with van der Waals surface area (Å²) in [5.74, 6) is 0.788. The Kier molecular flexibility index (Phi) is 5.31. The van der Waals surface area contributed by atoms with Crippen LogP contribution in [0, 0.1) is 3.57 Å². The highest BCUT2D eigenvalue weighted by molar-refractivity contribution is 14.1. The van der Waals surface area contributed by atoms with Gasteiger partial charge in [-0.2, -0.15) is 0 Å². The zero-order valence-corrected chi connectivity index (χ0v) is 11.3. The fourth-order valence-corrected chi connectivity index (χ4v) is 1.79. The Balaban J connectivity index is 2.66. The van der Waals surface area contributed by atoms with Crippen molar-refractivity contribution in [3.8, 4) is 5.75 Å². The molecule has 0 aliphatic heterocycles. The third-order valence-electron chi connectivity index (χ3n) is 2.03. The summed E-state index contributed by atoms with van der Waals surface area (Å²) in [5, 5.41) is 2.85. The van der Waals surface area contributed by atoms with Crippen LogP contribution in [0.1, 0.15) is 12.8 Å². The van der Waals surface area contributed by atoms with Crippen molar-refractivity contribution >= 4 is 34.2 Å². The number of hydrogen-bond donors (Lipinski definition) is 1. The standard InChI is InChI=1S/C12H14INO2/c1-3-4-5-12(15)14-11-7-6-9(16-2)8-10(11)13/h3,6-8H,1,4-5H2,2H3,(H,14,15). The van der Waals surface area contributed by atoms with Crippen LogP contribution in [0.15, 0.2) is 30.9 Å². The summed E-state index contributed by atoms with van der Waals surface area (Å²) in [6.07, 6.45) is 2.89. The quantitative estimate of drug-likeness (QED) is 0.665. The predicted molar refractivity (Wildman–Crippen MR) is 73.8 cm³/mol. The summed E-state index contributed by atoms with van der Waals surface area (Å²) in [6.45, 7) is 3.58. The number of ether oxygens (including phenoxy) is 1. The average molecular weight is 331 g/mol. The van der Waals surface area contributed by atoms with Gasteiger partial charge in [-0.15, -0.1) is 6.58 Å². The molecular formula is C12H14INO2. The van der Waals surface area contributed by atoms with Crippen LogP contribution in [0.2, 0.25) is 0 Å². The lowest BCUT2D eigenvalue weighted by atomic mass is 10.2. The van der Waals surface area contributed by atoms with E-state index in [2.05, 4.69) is 34.5 Å². The molecule has 0 atom stereocenters. The normalized spacial score (nSPS) is 9.62. The Labute approximate surface area is 109 Å². The zero-order chi connectivity index (χ0) is 12.0. The monoisotopic (exact) mass is 331 g/mol. The highest BCUT2D eigenvalue weighted by Gasteiger charge is 2.05. The van der Waals surface area contributed by atoms with E-state index in [9.17, 15) is 4.79 Å². The number of hydrogen-bond acceptors (Lipinski definition) is 2. The lowest BCUT2D eigenvalue weighted by Gasteiger charge is -2.08. The topological polar surface area (TPSA) is 38.3 Å². The van der Waals surface area contributed by atoms with Gasteiger partial charge in [0.25, 0.3) is 0 Å². The fourth-order valence-electron chi connectivity index (χ4n) is 1.17. The van der Waals surface area contributed by atoms with E-state index in [0.29, 0.717) is 12.8 Å². The van der Waals surface area contributed by atoms with Gasteiger partial charge in [-0.1, -0.05) is 6.08 Å². The molecule has 0 aliphatic rings. The lowest BCUT2D eigenvalue weighted by Crippen LogP contribution is -2.11. The highest BCUT2D eigenvalue weighted by Crippen LogP contribution is 2.23. The number of halogens is 1. The second kappa shape index (κ2) is 6.52. The molecule has 0 unspecified atom stereocenters. The molecule has 86 valence electrons. The number of nitrogens with one attached hydrogen (secondary N) is 1. The average Bonchev–Trinajstić information content (AvgIpc) is 2.29. The lowest BCUT2D eigenvalue weighted by molar-refractivity contribution is -0.116. The molecule has 4 heteroatoms. The molecule has 3 nitrogen and oxygen atoms in total. The molecule has 0 saturated heterocycles. The fraction of sp³-hybridized carbons (Fsp3) is 0.250. The summed E-state index contributed by atoms with van der Waals surface area (Å²) < 4.78 is 6.05. The van der Waals surface area contributed by atoms with Crippen LogP contribution in [-0.2, 0) is 4.79 Å². The molecule has 0 radical (unpaired) electrons. The second-order valence-corrected chi connectivity index (χ2v) is 4.38. The number of rotatable bonds is 5. The van der Waals surface area contributed by atoms with Crippen molar-refractivity contribution in [2.45, 2.75) is 12.8 Å². The Morgan fingerprint density at radius 2 is 2.38 bits per heavy atom. The van der Waals surface area contributed by atoms with E-state index in [1.54, 1.807) is 13.2 Å². The Morgan fingerprint density at radius 1 is 1.62 bits per heavy atom. The molecule has 1 rings (SSSR count). The van der Waals surface area contributed by atoms with Crippen LogP contribution in [0.4, 0.5) is 5.69 Å². The largest absolute Gasteiger partial charge is 0.497 e. The molecular weight excluding hydrogens is 317 g/mol. The van der Waals surface area contributed by atoms with Gasteiger partial charge in [-0.05, 0) is 47.2 Å². The van der Waals surface area contributed by atoms with Crippen LogP contribution in [-0.4, -0.2) is 13.0 Å². The van der Waals surface area contributed by atoms with E-state index in [4.69, 9.17) is 4.74 Å². The zero-order valence-electron chi connectivity index (χ0n) is 9.13. The molecule has 1 N–H and O–H groups in total. The summed E-state index contributed by atoms with van der Waals surface area (Å²) in [5.41, 5.74) is 0.815. The van der Waals surface area contributed by atoms with Crippen molar-refractivity contribution in [1.82, 2.24) is 0 Å². The van der Waals surface area contributed by atoms with Gasteiger partial charge >= 0.3 is 0 Å². The highest BCUT2D eigenvalue weighted by atomic mass is 127. The molecule has 0 fully saturated rings. The van der Waals surface area contributed by atoms with Crippen LogP contribution >= 0.6 is 22.6 Å². The van der Waals surface area contributed by atoms with Crippen LogP contribution < -0.4 is 10.1 Å². The Bertz CT molecular complexity index is 391. The van der Waals surface area contributed by atoms with E-state index in [0.717, 1.165) is 15.0 Å².